The predicted octanol–water partition coefficient (Wildman–Crippen LogP) is 3.79. The number of ether oxygens (including phenoxy) is 2. The molecule has 1 amide bonds. The average Bonchev–Trinajstić information content (AvgIpc) is 2.59. The second-order valence-electron chi connectivity index (χ2n) is 5.95. The van der Waals surface area contributed by atoms with Crippen molar-refractivity contribution in [2.75, 3.05) is 14.2 Å². The highest BCUT2D eigenvalue weighted by atomic mass is 35.5. The van der Waals surface area contributed by atoms with Gasteiger partial charge in [-0.2, -0.15) is 0 Å². The van der Waals surface area contributed by atoms with Crippen molar-refractivity contribution in [3.05, 3.63) is 52.3 Å². The summed E-state index contributed by atoms with van der Waals surface area (Å²) in [5, 5.41) is 0.623. The Kier molecular flexibility index (Phi) is 6.26. The van der Waals surface area contributed by atoms with Crippen LogP contribution in [0.4, 0.5) is 0 Å². The van der Waals surface area contributed by atoms with E-state index in [0.717, 1.165) is 22.6 Å². The maximum absolute atomic E-state index is 12.6. The van der Waals surface area contributed by atoms with E-state index in [1.165, 1.54) is 0 Å². The molecule has 1 aromatic heterocycles. The minimum absolute atomic E-state index is 0.129. The third-order valence-electron chi connectivity index (χ3n) is 3.99. The summed E-state index contributed by atoms with van der Waals surface area (Å²) in [6, 6.07) is 6.93. The van der Waals surface area contributed by atoms with Crippen LogP contribution in [0.25, 0.3) is 0 Å². The Bertz CT molecular complexity index is 747. The quantitative estimate of drug-likeness (QED) is 0.784. The van der Waals surface area contributed by atoms with E-state index in [1.807, 2.05) is 13.8 Å². The minimum Gasteiger partial charge on any atom is -0.496 e. The number of pyridine rings is 1. The van der Waals surface area contributed by atoms with Crippen molar-refractivity contribution >= 4 is 17.5 Å². The van der Waals surface area contributed by atoms with Gasteiger partial charge in [-0.05, 0) is 45.0 Å². The molecule has 0 bridgehead atoms. The summed E-state index contributed by atoms with van der Waals surface area (Å²) in [5.41, 5.74) is 2.71. The van der Waals surface area contributed by atoms with Crippen LogP contribution in [-0.2, 0) is 11.3 Å². The molecule has 0 aliphatic heterocycles. The summed E-state index contributed by atoms with van der Waals surface area (Å²) in [7, 11) is 3.37. The molecule has 6 heteroatoms. The van der Waals surface area contributed by atoms with Gasteiger partial charge in [0.05, 0.1) is 19.3 Å². The van der Waals surface area contributed by atoms with Gasteiger partial charge in [-0.1, -0.05) is 11.6 Å². The number of amides is 1. The monoisotopic (exact) mass is 362 g/mol. The highest BCUT2D eigenvalue weighted by Crippen LogP contribution is 2.25. The number of carbonyl (C=O) groups is 1. The van der Waals surface area contributed by atoms with Crippen molar-refractivity contribution < 1.29 is 14.3 Å². The zero-order valence-electron chi connectivity index (χ0n) is 15.2. The molecule has 1 atom stereocenters. The molecule has 1 aromatic carbocycles. The van der Waals surface area contributed by atoms with Gasteiger partial charge in [0.1, 0.15) is 11.5 Å². The number of aryl methyl sites for hydroxylation is 1. The molecule has 1 heterocycles. The van der Waals surface area contributed by atoms with Gasteiger partial charge in [-0.15, -0.1) is 0 Å². The number of aromatic nitrogens is 1. The molecule has 1 unspecified atom stereocenters. The maximum Gasteiger partial charge on any atom is 0.263 e. The first-order valence-corrected chi connectivity index (χ1v) is 8.37. The summed E-state index contributed by atoms with van der Waals surface area (Å²) < 4.78 is 11.1. The third-order valence-corrected chi connectivity index (χ3v) is 4.24. The number of likely N-dealkylation sites (N-methyl/N-ethyl adjacent to an activating group) is 1. The van der Waals surface area contributed by atoms with Gasteiger partial charge in [0, 0.05) is 29.4 Å². The van der Waals surface area contributed by atoms with Crippen LogP contribution in [0.3, 0.4) is 0 Å². The third kappa shape index (κ3) is 4.63. The molecule has 0 fully saturated rings. The van der Waals surface area contributed by atoms with Gasteiger partial charge in [0.25, 0.3) is 5.91 Å². The zero-order valence-corrected chi connectivity index (χ0v) is 15.9. The van der Waals surface area contributed by atoms with Crippen molar-refractivity contribution in [2.24, 2.45) is 0 Å². The minimum atomic E-state index is -0.612. The van der Waals surface area contributed by atoms with Crippen LogP contribution in [0.2, 0.25) is 5.02 Å². The molecule has 2 rings (SSSR count). The van der Waals surface area contributed by atoms with E-state index in [0.29, 0.717) is 17.3 Å². The fourth-order valence-electron chi connectivity index (χ4n) is 2.61. The predicted molar refractivity (Wildman–Crippen MR) is 98.3 cm³/mol. The summed E-state index contributed by atoms with van der Waals surface area (Å²) in [6.45, 7) is 6.00. The second-order valence-corrected chi connectivity index (χ2v) is 6.39. The number of rotatable bonds is 6. The summed E-state index contributed by atoms with van der Waals surface area (Å²) in [6.07, 6.45) is 1.14. The van der Waals surface area contributed by atoms with Gasteiger partial charge in [0.15, 0.2) is 6.10 Å². The van der Waals surface area contributed by atoms with Crippen LogP contribution in [-0.4, -0.2) is 36.1 Å². The first-order chi connectivity index (χ1) is 11.8. The Morgan fingerprint density at radius 1 is 1.28 bits per heavy atom. The largest absolute Gasteiger partial charge is 0.496 e. The topological polar surface area (TPSA) is 51.7 Å². The van der Waals surface area contributed by atoms with E-state index in [9.17, 15) is 4.79 Å². The van der Waals surface area contributed by atoms with E-state index in [4.69, 9.17) is 21.1 Å². The highest BCUT2D eigenvalue weighted by molar-refractivity contribution is 6.30. The molecule has 0 aliphatic rings. The number of carbonyl (C=O) groups excluding carboxylic acids is 1. The van der Waals surface area contributed by atoms with Crippen LogP contribution < -0.4 is 9.47 Å². The number of hydrogen-bond donors (Lipinski definition) is 0. The lowest BCUT2D eigenvalue weighted by Gasteiger charge is -2.23. The summed E-state index contributed by atoms with van der Waals surface area (Å²) >= 11 is 5.85. The SMILES string of the molecule is COc1c(C)cnc(CN(C)C(=O)C(C)Oc2ccc(Cl)cc2)c1C. The first kappa shape index (κ1) is 19.1. The van der Waals surface area contributed by atoms with Gasteiger partial charge >= 0.3 is 0 Å². The number of nitrogens with zero attached hydrogens (tertiary/aromatic N) is 2. The van der Waals surface area contributed by atoms with E-state index >= 15 is 0 Å². The summed E-state index contributed by atoms with van der Waals surface area (Å²) in [4.78, 5) is 18.6. The molecule has 2 aromatic rings. The molecule has 0 radical (unpaired) electrons. The average molecular weight is 363 g/mol. The van der Waals surface area contributed by atoms with Crippen molar-refractivity contribution in [1.82, 2.24) is 9.88 Å². The standard InChI is InChI=1S/C19H23ClN2O3/c1-12-10-21-17(13(2)18(12)24-5)11-22(4)19(23)14(3)25-16-8-6-15(20)7-9-16/h6-10,14H,11H2,1-5H3. The fourth-order valence-corrected chi connectivity index (χ4v) is 2.74. The zero-order chi connectivity index (χ0) is 18.6. The Labute approximate surface area is 153 Å². The molecular weight excluding hydrogens is 340 g/mol. The Hall–Kier alpha value is -2.27. The molecule has 0 spiro atoms. The molecule has 0 N–H and O–H groups in total. The van der Waals surface area contributed by atoms with E-state index in [-0.39, 0.29) is 5.91 Å². The van der Waals surface area contributed by atoms with Gasteiger partial charge in [0.2, 0.25) is 0 Å². The Morgan fingerprint density at radius 3 is 2.52 bits per heavy atom. The number of hydrogen-bond acceptors (Lipinski definition) is 4. The molecule has 5 nitrogen and oxygen atoms in total. The number of methoxy groups -OCH3 is 1. The lowest BCUT2D eigenvalue weighted by molar-refractivity contribution is -0.137. The smallest absolute Gasteiger partial charge is 0.263 e. The molecule has 0 aliphatic carbocycles. The van der Waals surface area contributed by atoms with Crippen LogP contribution in [0.15, 0.2) is 30.5 Å². The van der Waals surface area contributed by atoms with Crippen LogP contribution in [0.5, 0.6) is 11.5 Å². The van der Waals surface area contributed by atoms with E-state index in [1.54, 1.807) is 56.4 Å². The van der Waals surface area contributed by atoms with Crippen molar-refractivity contribution in [3.63, 3.8) is 0 Å². The van der Waals surface area contributed by atoms with Gasteiger partial charge < -0.3 is 14.4 Å². The normalized spacial score (nSPS) is 11.8. The van der Waals surface area contributed by atoms with Crippen LogP contribution in [0.1, 0.15) is 23.7 Å². The van der Waals surface area contributed by atoms with E-state index < -0.39 is 6.10 Å². The van der Waals surface area contributed by atoms with Crippen molar-refractivity contribution in [1.29, 1.82) is 0 Å². The molecular formula is C19H23ClN2O3. The van der Waals surface area contributed by atoms with Crippen LogP contribution >= 0.6 is 11.6 Å². The fraction of sp³-hybridized carbons (Fsp3) is 0.368. The highest BCUT2D eigenvalue weighted by Gasteiger charge is 2.21. The Balaban J connectivity index is 2.06. The van der Waals surface area contributed by atoms with Gasteiger partial charge in [-0.25, -0.2) is 0 Å². The van der Waals surface area contributed by atoms with Crippen molar-refractivity contribution in [3.8, 4) is 11.5 Å². The first-order valence-electron chi connectivity index (χ1n) is 7.99. The van der Waals surface area contributed by atoms with Crippen LogP contribution in [0, 0.1) is 13.8 Å². The lowest BCUT2D eigenvalue weighted by atomic mass is 10.1. The lowest BCUT2D eigenvalue weighted by Crippen LogP contribution is -2.37. The van der Waals surface area contributed by atoms with Gasteiger partial charge in [-0.3, -0.25) is 9.78 Å². The molecule has 25 heavy (non-hydrogen) atoms. The summed E-state index contributed by atoms with van der Waals surface area (Å²) in [5.74, 6) is 1.27. The molecule has 0 saturated heterocycles. The van der Waals surface area contributed by atoms with E-state index in [2.05, 4.69) is 4.98 Å². The number of benzene rings is 1. The number of halogens is 1. The maximum atomic E-state index is 12.6. The molecule has 134 valence electrons. The molecule has 0 saturated carbocycles. The Morgan fingerprint density at radius 2 is 1.92 bits per heavy atom. The van der Waals surface area contributed by atoms with Crippen molar-refractivity contribution in [2.45, 2.75) is 33.4 Å². The second kappa shape index (κ2) is 8.21.